The molecule has 11 aliphatic rings. The molecular formula is C76H127N5O54. The highest BCUT2D eigenvalue weighted by atomic mass is 16.8. The zero-order chi connectivity index (χ0) is 99.4. The van der Waals surface area contributed by atoms with Gasteiger partial charge in [0.1, 0.15) is 256 Å². The molecule has 0 bridgehead atoms. The van der Waals surface area contributed by atoms with E-state index in [4.69, 9.17) is 99.5 Å². The van der Waals surface area contributed by atoms with Gasteiger partial charge in [0.25, 0.3) is 0 Å². The Kier molecular flexibility index (Phi) is 39.5. The predicted molar refractivity (Wildman–Crippen MR) is 417 cm³/mol. The molecule has 11 saturated heterocycles. The summed E-state index contributed by atoms with van der Waals surface area (Å²) in [5.41, 5.74) is 0. The molecule has 0 aromatic heterocycles. The third kappa shape index (κ3) is 24.7. The topological polar surface area (TPSA) is 906 Å². The Bertz CT molecular complexity index is 3750. The minimum Gasteiger partial charge on any atom is -0.394 e. The third-order valence-electron chi connectivity index (χ3n) is 24.9. The lowest BCUT2D eigenvalue weighted by atomic mass is 9.93. The molecule has 11 fully saturated rings. The van der Waals surface area contributed by atoms with Crippen LogP contribution in [0.25, 0.3) is 0 Å². The summed E-state index contributed by atoms with van der Waals surface area (Å²) in [6.07, 6.45) is -105. The molecule has 11 rings (SSSR count). The standard InChI is InChI=1S/C76H127N5O54/c1-17-38(94)51(107)55(111)71(117-17)115-16-32-60(48(104)33(66(114)119-32)77-19(3)89)128-69-36(80-22(6)92)49(105)58(29(13-87)125-69)129-73-57(113)61(45(101)31(127-73)15-116-74-63(53(109)42(98)26(10-84)122-74)133-68-35(79-21(5)91)47(103)41(97)25(9-83)121-68)131-75-64(54(110)43(99)27(11-85)123-75)134-70-37(81-23(7)93)50(106)59(30(14-88)126-70)130-76-65(135-72-56(112)52(108)39(95)18(2)118-72)62(44(100)28(12-86)124-76)132-67-34(78-20(4)90)46(102)40(96)24(8-82)120-67/h17-18,24-76,82-88,94-114H,8-16H2,1-7H3,(H,77,89)(H,78,90)(H,79,91)(H,80,92)(H,81,93)/t17-,18-,24+,25+,26+,27+,28+,29+,30+,31+,32+,33+,34+,35+,36+,37-,38+,39+,40-,41+,42+,43+,44-,45+,46+,47+,48+,49+,50+,51+,52+,53-,54-,55-,56-,57-,58+,59+,60+,61-,62-,63-,64-,65+,66+,67+,68-,69-,70-,71+,72-,73-,74-,75+,76-/m0/s1. The van der Waals surface area contributed by atoms with Gasteiger partial charge < -0.3 is 269 Å². The average molecular weight is 1970 g/mol. The summed E-state index contributed by atoms with van der Waals surface area (Å²) in [4.78, 5) is 64.5. The van der Waals surface area contributed by atoms with E-state index in [1.807, 2.05) is 0 Å². The summed E-state index contributed by atoms with van der Waals surface area (Å²) >= 11 is 0. The van der Waals surface area contributed by atoms with Crippen molar-refractivity contribution in [3.05, 3.63) is 0 Å². The van der Waals surface area contributed by atoms with E-state index in [1.165, 1.54) is 13.8 Å². The predicted octanol–water partition coefficient (Wildman–Crippen LogP) is -22.2. The number of aliphatic hydroxyl groups excluding tert-OH is 28. The van der Waals surface area contributed by atoms with Crippen molar-refractivity contribution in [1.29, 1.82) is 0 Å². The number of nitrogens with one attached hydrogen (secondary N) is 5. The summed E-state index contributed by atoms with van der Waals surface area (Å²) < 4.78 is 127. The van der Waals surface area contributed by atoms with Crippen molar-refractivity contribution in [3.63, 3.8) is 0 Å². The van der Waals surface area contributed by atoms with Crippen LogP contribution >= 0.6 is 0 Å². The maximum atomic E-state index is 13.5. The number of ether oxygens (including phenoxy) is 21. The summed E-state index contributed by atoms with van der Waals surface area (Å²) in [5.74, 6) is -4.68. The van der Waals surface area contributed by atoms with E-state index in [0.29, 0.717) is 0 Å². The lowest BCUT2D eigenvalue weighted by Gasteiger charge is -2.52. The fraction of sp³-hybridized carbons (Fsp3) is 0.934. The van der Waals surface area contributed by atoms with E-state index in [1.54, 1.807) is 0 Å². The molecule has 0 aromatic carbocycles. The summed E-state index contributed by atoms with van der Waals surface area (Å²) in [7, 11) is 0. The normalized spacial score (nSPS) is 49.5. The van der Waals surface area contributed by atoms with Gasteiger partial charge in [0.15, 0.2) is 69.2 Å². The summed E-state index contributed by atoms with van der Waals surface area (Å²) in [6.45, 7) is -3.07. The molecule has 55 atom stereocenters. The van der Waals surface area contributed by atoms with E-state index in [-0.39, 0.29) is 0 Å². The van der Waals surface area contributed by atoms with E-state index in [2.05, 4.69) is 26.6 Å². The largest absolute Gasteiger partial charge is 0.394 e. The Labute approximate surface area is 765 Å². The first-order valence-corrected chi connectivity index (χ1v) is 43.4. The zero-order valence-electron chi connectivity index (χ0n) is 73.3. The van der Waals surface area contributed by atoms with Gasteiger partial charge in [-0.2, -0.15) is 0 Å². The lowest BCUT2D eigenvalue weighted by molar-refractivity contribution is -0.406. The van der Waals surface area contributed by atoms with Crippen molar-refractivity contribution >= 4 is 29.5 Å². The van der Waals surface area contributed by atoms with Crippen LogP contribution in [0.4, 0.5) is 0 Å². The summed E-state index contributed by atoms with van der Waals surface area (Å²) in [5, 5.41) is 329. The molecule has 5 amide bonds. The molecule has 780 valence electrons. The monoisotopic (exact) mass is 1970 g/mol. The van der Waals surface area contributed by atoms with Crippen LogP contribution < -0.4 is 26.6 Å². The van der Waals surface area contributed by atoms with E-state index >= 15 is 0 Å². The van der Waals surface area contributed by atoms with E-state index in [0.717, 1.165) is 34.6 Å². The van der Waals surface area contributed by atoms with Crippen molar-refractivity contribution in [1.82, 2.24) is 26.6 Å². The van der Waals surface area contributed by atoms with Gasteiger partial charge in [0.05, 0.1) is 71.7 Å². The SMILES string of the molecule is CC(=O)N[C@@H]1[C@H](O[C@@H]2[C@@H](O[C@@H]3[C@H](O)[C@H](O[C@H]4[C@H](O)[C@@H](NC(C)=O)[C@H](O[C@H]5[C@H](O)[C@@H](NC(C)=O)[C@H](O)O[C@@H]5CO[C@@H]5O[C@@H](C)[C@@H](O)[C@@H](O)[C@@H]5O)O[C@@H]4CO)O[C@H](CO[C@H]4O[C@H](CO)[C@@H](O)[C@H](O)[C@@H]4O[C@@H]4O[C@H](CO)[C@@H](O)[C@H](O)[C@H]4NC(C)=O)[C@H]3O)O[C@H](CO)[C@@H](O)[C@@H]2O)O[C@H](CO)[C@@H](O[C@@H]2O[C@H](CO)[C@H](O)[C@H](O[C@H]3O[C@H](CO)[C@H](O)[C@H](O)[C@H]3NC(C)=O)[C@H]2O[C@@H]2O[C@@H](C)[C@@H](O)[C@@H](O)[C@@H]2O)[C@@H]1O. The Morgan fingerprint density at radius 2 is 0.474 bits per heavy atom. The van der Waals surface area contributed by atoms with Crippen LogP contribution in [0.5, 0.6) is 0 Å². The van der Waals surface area contributed by atoms with Gasteiger partial charge in [-0.15, -0.1) is 0 Å². The first kappa shape index (κ1) is 111. The fourth-order valence-electron chi connectivity index (χ4n) is 17.6. The molecule has 0 aromatic rings. The minimum absolute atomic E-state index is 0.856. The Balaban J connectivity index is 0.932. The first-order valence-electron chi connectivity index (χ1n) is 43.4. The quantitative estimate of drug-likeness (QED) is 0.0284. The van der Waals surface area contributed by atoms with E-state index < -0.39 is 426 Å². The molecule has 11 heterocycles. The number of hydrogen-bond donors (Lipinski definition) is 33. The van der Waals surface area contributed by atoms with Crippen LogP contribution in [-0.4, -0.2) is 569 Å². The molecule has 0 saturated carbocycles. The third-order valence-corrected chi connectivity index (χ3v) is 24.9. The molecule has 135 heavy (non-hydrogen) atoms. The Hall–Kier alpha value is -4.61. The average Bonchev–Trinajstić information content (AvgIpc) is 0.759. The number of aliphatic hydroxyl groups is 28. The van der Waals surface area contributed by atoms with Gasteiger partial charge in [0, 0.05) is 34.6 Å². The zero-order valence-corrected chi connectivity index (χ0v) is 73.3. The number of hydrogen-bond acceptors (Lipinski definition) is 54. The first-order chi connectivity index (χ1) is 63.8. The van der Waals surface area contributed by atoms with Gasteiger partial charge in [-0.1, -0.05) is 0 Å². The van der Waals surface area contributed by atoms with Crippen LogP contribution in [0.1, 0.15) is 48.5 Å². The highest BCUT2D eigenvalue weighted by Crippen LogP contribution is 2.42. The fourth-order valence-corrected chi connectivity index (χ4v) is 17.6. The summed E-state index contributed by atoms with van der Waals surface area (Å²) in [6, 6.07) is -9.57. The molecule has 59 nitrogen and oxygen atoms in total. The van der Waals surface area contributed by atoms with Gasteiger partial charge in [-0.05, 0) is 13.8 Å². The Morgan fingerprint density at radius 3 is 0.904 bits per heavy atom. The minimum atomic E-state index is -2.67. The molecule has 0 radical (unpaired) electrons. The van der Waals surface area contributed by atoms with Crippen molar-refractivity contribution < 1.29 is 266 Å². The van der Waals surface area contributed by atoms with E-state index in [9.17, 15) is 167 Å². The van der Waals surface area contributed by atoms with Gasteiger partial charge in [-0.3, -0.25) is 24.0 Å². The van der Waals surface area contributed by atoms with Crippen molar-refractivity contribution in [2.75, 3.05) is 59.5 Å². The van der Waals surface area contributed by atoms with Crippen molar-refractivity contribution in [2.24, 2.45) is 0 Å². The van der Waals surface area contributed by atoms with Crippen molar-refractivity contribution in [3.8, 4) is 0 Å². The van der Waals surface area contributed by atoms with Gasteiger partial charge in [-0.25, -0.2) is 0 Å². The van der Waals surface area contributed by atoms with Gasteiger partial charge in [0.2, 0.25) is 29.5 Å². The molecule has 0 aliphatic carbocycles. The molecular weight excluding hydrogens is 1850 g/mol. The van der Waals surface area contributed by atoms with Gasteiger partial charge >= 0.3 is 0 Å². The van der Waals surface area contributed by atoms with Crippen LogP contribution in [0.15, 0.2) is 0 Å². The maximum absolute atomic E-state index is 13.5. The van der Waals surface area contributed by atoms with Crippen LogP contribution in [0.3, 0.4) is 0 Å². The molecule has 33 N–H and O–H groups in total. The van der Waals surface area contributed by atoms with Crippen LogP contribution in [-0.2, 0) is 123 Å². The molecule has 0 spiro atoms. The second-order valence-electron chi connectivity index (χ2n) is 34.5. The highest BCUT2D eigenvalue weighted by Gasteiger charge is 2.63. The second kappa shape index (κ2) is 48.2. The second-order valence-corrected chi connectivity index (χ2v) is 34.5. The number of carbonyl (C=O) groups excluding carboxylic acids is 5. The number of carbonyl (C=O) groups is 5. The Morgan fingerprint density at radius 1 is 0.207 bits per heavy atom. The lowest BCUT2D eigenvalue weighted by Crippen LogP contribution is -2.71. The molecule has 11 aliphatic heterocycles. The highest BCUT2D eigenvalue weighted by molar-refractivity contribution is 5.75. The smallest absolute Gasteiger partial charge is 0.217 e. The number of amides is 5. The van der Waals surface area contributed by atoms with Crippen LogP contribution in [0, 0.1) is 0 Å². The molecule has 0 unspecified atom stereocenters. The van der Waals surface area contributed by atoms with Crippen LogP contribution in [0.2, 0.25) is 0 Å². The maximum Gasteiger partial charge on any atom is 0.217 e. The number of rotatable bonds is 34. The molecule has 59 heteroatoms. The van der Waals surface area contributed by atoms with Crippen molar-refractivity contribution in [2.45, 2.75) is 386 Å².